The molecule has 0 unspecified atom stereocenters. The van der Waals surface area contributed by atoms with E-state index >= 15 is 0 Å². The van der Waals surface area contributed by atoms with E-state index in [0.717, 1.165) is 5.01 Å². The third-order valence-corrected chi connectivity index (χ3v) is 2.83. The summed E-state index contributed by atoms with van der Waals surface area (Å²) in [4.78, 5) is 26.4. The minimum Gasteiger partial charge on any atom is -0.344 e. The van der Waals surface area contributed by atoms with Crippen LogP contribution < -0.4 is 10.7 Å². The first-order chi connectivity index (χ1) is 7.75. The standard InChI is InChI=1S/C9H10N4O2S/c14-7-2-1-6(12-13-7)9(15)11-5-8-10-3-4-16-8/h3-4H,1-2,5H2,(H,11,15)(H,13,14). The summed E-state index contributed by atoms with van der Waals surface area (Å²) in [6, 6.07) is 0. The molecule has 2 amide bonds. The lowest BCUT2D eigenvalue weighted by Gasteiger charge is -2.11. The molecule has 2 N–H and O–H groups in total. The van der Waals surface area contributed by atoms with E-state index in [9.17, 15) is 9.59 Å². The van der Waals surface area contributed by atoms with Gasteiger partial charge in [-0.15, -0.1) is 11.3 Å². The Bertz CT molecular complexity index is 427. The van der Waals surface area contributed by atoms with Crippen molar-refractivity contribution in [3.63, 3.8) is 0 Å². The number of rotatable bonds is 3. The second-order valence-electron chi connectivity index (χ2n) is 3.20. The Hall–Kier alpha value is -1.76. The minimum absolute atomic E-state index is 0.156. The molecule has 0 aliphatic carbocycles. The van der Waals surface area contributed by atoms with E-state index < -0.39 is 0 Å². The minimum atomic E-state index is -0.254. The van der Waals surface area contributed by atoms with E-state index in [-0.39, 0.29) is 11.8 Å². The van der Waals surface area contributed by atoms with Crippen LogP contribution in [-0.2, 0) is 16.1 Å². The molecule has 0 spiro atoms. The van der Waals surface area contributed by atoms with Crippen molar-refractivity contribution in [2.75, 3.05) is 0 Å². The zero-order valence-corrected chi connectivity index (χ0v) is 9.21. The van der Waals surface area contributed by atoms with Gasteiger partial charge >= 0.3 is 0 Å². The summed E-state index contributed by atoms with van der Waals surface area (Å²) in [7, 11) is 0. The summed E-state index contributed by atoms with van der Waals surface area (Å²) in [5.74, 6) is -0.410. The molecule has 0 radical (unpaired) electrons. The van der Waals surface area contributed by atoms with Crippen molar-refractivity contribution >= 4 is 28.9 Å². The van der Waals surface area contributed by atoms with Gasteiger partial charge in [-0.1, -0.05) is 0 Å². The van der Waals surface area contributed by atoms with Crippen LogP contribution in [-0.4, -0.2) is 22.5 Å². The molecular formula is C9H10N4O2S. The molecule has 1 aromatic heterocycles. The first-order valence-electron chi connectivity index (χ1n) is 4.77. The van der Waals surface area contributed by atoms with Gasteiger partial charge in [-0.3, -0.25) is 9.59 Å². The highest BCUT2D eigenvalue weighted by molar-refractivity contribution is 7.09. The Morgan fingerprint density at radius 1 is 1.56 bits per heavy atom. The van der Waals surface area contributed by atoms with Gasteiger partial charge in [0.15, 0.2) is 0 Å². The molecule has 0 aromatic carbocycles. The van der Waals surface area contributed by atoms with Gasteiger partial charge < -0.3 is 5.32 Å². The quantitative estimate of drug-likeness (QED) is 0.779. The van der Waals surface area contributed by atoms with Gasteiger partial charge in [0.05, 0.1) is 6.54 Å². The molecule has 2 rings (SSSR count). The van der Waals surface area contributed by atoms with Crippen molar-refractivity contribution < 1.29 is 9.59 Å². The van der Waals surface area contributed by atoms with E-state index in [1.54, 1.807) is 6.20 Å². The number of aromatic nitrogens is 1. The molecule has 1 aliphatic rings. The number of hydrazone groups is 1. The third kappa shape index (κ3) is 2.63. The lowest BCUT2D eigenvalue weighted by atomic mass is 10.1. The fourth-order valence-corrected chi connectivity index (χ4v) is 1.79. The summed E-state index contributed by atoms with van der Waals surface area (Å²) in [6.45, 7) is 0.392. The fourth-order valence-electron chi connectivity index (χ4n) is 1.24. The molecule has 0 saturated heterocycles. The number of carbonyl (C=O) groups is 2. The van der Waals surface area contributed by atoms with Crippen molar-refractivity contribution in [1.29, 1.82) is 0 Å². The summed E-state index contributed by atoms with van der Waals surface area (Å²) in [5.41, 5.74) is 2.64. The van der Waals surface area contributed by atoms with Crippen molar-refractivity contribution in [3.8, 4) is 0 Å². The molecule has 7 heteroatoms. The lowest BCUT2D eigenvalue weighted by molar-refractivity contribution is -0.121. The van der Waals surface area contributed by atoms with Gasteiger partial charge in [0, 0.05) is 24.4 Å². The molecule has 6 nitrogen and oxygen atoms in total. The van der Waals surface area contributed by atoms with E-state index in [2.05, 4.69) is 20.8 Å². The molecule has 16 heavy (non-hydrogen) atoms. The van der Waals surface area contributed by atoms with Crippen LogP contribution in [0.4, 0.5) is 0 Å². The predicted octanol–water partition coefficient (Wildman–Crippen LogP) is 0.0253. The second-order valence-corrected chi connectivity index (χ2v) is 4.18. The SMILES string of the molecule is O=C1CCC(C(=O)NCc2nccs2)=NN1. The van der Waals surface area contributed by atoms with Crippen molar-refractivity contribution in [2.45, 2.75) is 19.4 Å². The van der Waals surface area contributed by atoms with E-state index in [1.165, 1.54) is 11.3 Å². The summed E-state index contributed by atoms with van der Waals surface area (Å²) in [5, 5.41) is 9.08. The van der Waals surface area contributed by atoms with Gasteiger partial charge in [-0.05, 0) is 0 Å². The van der Waals surface area contributed by atoms with Crippen LogP contribution in [0.25, 0.3) is 0 Å². The van der Waals surface area contributed by atoms with Crippen LogP contribution in [0.5, 0.6) is 0 Å². The Morgan fingerprint density at radius 2 is 2.44 bits per heavy atom. The molecule has 0 fully saturated rings. The number of carbonyl (C=O) groups excluding carboxylic acids is 2. The average molecular weight is 238 g/mol. The highest BCUT2D eigenvalue weighted by Gasteiger charge is 2.17. The number of amides is 2. The first kappa shape index (κ1) is 10.7. The van der Waals surface area contributed by atoms with Crippen molar-refractivity contribution in [1.82, 2.24) is 15.7 Å². The number of nitrogens with one attached hydrogen (secondary N) is 2. The molecule has 0 atom stereocenters. The maximum Gasteiger partial charge on any atom is 0.267 e. The van der Waals surface area contributed by atoms with Crippen LogP contribution in [0.15, 0.2) is 16.7 Å². The highest BCUT2D eigenvalue weighted by atomic mass is 32.1. The highest BCUT2D eigenvalue weighted by Crippen LogP contribution is 2.04. The van der Waals surface area contributed by atoms with Crippen LogP contribution in [0.1, 0.15) is 17.8 Å². The maximum absolute atomic E-state index is 11.6. The zero-order chi connectivity index (χ0) is 11.4. The van der Waals surface area contributed by atoms with Crippen molar-refractivity contribution in [2.24, 2.45) is 5.10 Å². The van der Waals surface area contributed by atoms with E-state index in [1.807, 2.05) is 5.38 Å². The number of hydrogen-bond donors (Lipinski definition) is 2. The molecule has 84 valence electrons. The first-order valence-corrected chi connectivity index (χ1v) is 5.65. The molecule has 2 heterocycles. The Labute approximate surface area is 95.8 Å². The Kier molecular flexibility index (Phi) is 3.25. The van der Waals surface area contributed by atoms with Gasteiger partial charge in [-0.2, -0.15) is 5.10 Å². The third-order valence-electron chi connectivity index (χ3n) is 2.05. The summed E-state index contributed by atoms with van der Waals surface area (Å²) < 4.78 is 0. The maximum atomic E-state index is 11.6. The number of hydrogen-bond acceptors (Lipinski definition) is 5. The summed E-state index contributed by atoms with van der Waals surface area (Å²) >= 11 is 1.48. The van der Waals surface area contributed by atoms with Crippen LogP contribution in [0.3, 0.4) is 0 Å². The fraction of sp³-hybridized carbons (Fsp3) is 0.333. The average Bonchev–Trinajstić information content (AvgIpc) is 2.80. The van der Waals surface area contributed by atoms with E-state index in [0.29, 0.717) is 25.1 Å². The van der Waals surface area contributed by atoms with Crippen molar-refractivity contribution in [3.05, 3.63) is 16.6 Å². The van der Waals surface area contributed by atoms with Gasteiger partial charge in [0.2, 0.25) is 5.91 Å². The van der Waals surface area contributed by atoms with Crippen LogP contribution >= 0.6 is 11.3 Å². The molecule has 1 aliphatic heterocycles. The zero-order valence-electron chi connectivity index (χ0n) is 8.40. The second kappa shape index (κ2) is 4.84. The Balaban J connectivity index is 1.86. The topological polar surface area (TPSA) is 83.5 Å². The van der Waals surface area contributed by atoms with Gasteiger partial charge in [0.25, 0.3) is 5.91 Å². The largest absolute Gasteiger partial charge is 0.344 e. The lowest BCUT2D eigenvalue weighted by Crippen LogP contribution is -2.36. The summed E-state index contributed by atoms with van der Waals surface area (Å²) in [6.07, 6.45) is 2.38. The Morgan fingerprint density at radius 3 is 3.06 bits per heavy atom. The number of thiazole rings is 1. The predicted molar refractivity (Wildman–Crippen MR) is 58.8 cm³/mol. The smallest absolute Gasteiger partial charge is 0.267 e. The van der Waals surface area contributed by atoms with Crippen LogP contribution in [0.2, 0.25) is 0 Å². The van der Waals surface area contributed by atoms with Gasteiger partial charge in [-0.25, -0.2) is 10.4 Å². The molecule has 0 bridgehead atoms. The number of nitrogens with zero attached hydrogens (tertiary/aromatic N) is 2. The van der Waals surface area contributed by atoms with Gasteiger partial charge in [0.1, 0.15) is 10.7 Å². The molecule has 1 aromatic rings. The van der Waals surface area contributed by atoms with E-state index in [4.69, 9.17) is 0 Å². The monoisotopic (exact) mass is 238 g/mol. The van der Waals surface area contributed by atoms with Crippen LogP contribution in [0, 0.1) is 0 Å². The molecule has 0 saturated carbocycles. The normalized spacial score (nSPS) is 15.2. The molecular weight excluding hydrogens is 228 g/mol.